The summed E-state index contributed by atoms with van der Waals surface area (Å²) in [5.41, 5.74) is 2.75. The van der Waals surface area contributed by atoms with Crippen molar-refractivity contribution in [1.29, 1.82) is 0 Å². The van der Waals surface area contributed by atoms with Gasteiger partial charge in [0, 0.05) is 30.1 Å². The molecule has 1 fully saturated rings. The third kappa shape index (κ3) is 5.97. The Balaban J connectivity index is 1.44. The summed E-state index contributed by atoms with van der Waals surface area (Å²) in [4.78, 5) is 15.3. The molecule has 170 valence electrons. The molecule has 1 amide bonds. The molecule has 0 atom stereocenters. The first-order chi connectivity index (χ1) is 16.0. The van der Waals surface area contributed by atoms with E-state index in [4.69, 9.17) is 0 Å². The van der Waals surface area contributed by atoms with Crippen molar-refractivity contribution >= 4 is 27.7 Å². The molecule has 1 aliphatic heterocycles. The van der Waals surface area contributed by atoms with Crippen LogP contribution < -0.4 is 4.90 Å². The minimum Gasteiger partial charge on any atom is -0.308 e. The van der Waals surface area contributed by atoms with Crippen LogP contribution in [0.25, 0.3) is 6.08 Å². The maximum Gasteiger partial charge on any atom is 0.236 e. The Labute approximate surface area is 196 Å². The normalized spacial score (nSPS) is 15.5. The Morgan fingerprint density at radius 2 is 1.39 bits per heavy atom. The van der Waals surface area contributed by atoms with Crippen molar-refractivity contribution in [2.75, 3.05) is 18.0 Å². The molecule has 0 spiro atoms. The Morgan fingerprint density at radius 1 is 0.848 bits per heavy atom. The molecular formula is C27H28N2O3S. The molecule has 33 heavy (non-hydrogen) atoms. The highest BCUT2D eigenvalue weighted by Crippen LogP contribution is 2.26. The number of para-hydroxylation sites is 1. The Bertz CT molecular complexity index is 1170. The minimum atomic E-state index is -3.52. The first kappa shape index (κ1) is 23.0. The molecule has 0 aliphatic carbocycles. The molecule has 5 nitrogen and oxygen atoms in total. The number of nitrogens with zero attached hydrogens (tertiary/aromatic N) is 2. The van der Waals surface area contributed by atoms with Gasteiger partial charge in [-0.2, -0.15) is 4.31 Å². The number of rotatable bonds is 7. The minimum absolute atomic E-state index is 0.0435. The molecule has 1 aliphatic rings. The summed E-state index contributed by atoms with van der Waals surface area (Å²) >= 11 is 0. The lowest BCUT2D eigenvalue weighted by molar-refractivity contribution is -0.123. The number of amides is 1. The summed E-state index contributed by atoms with van der Waals surface area (Å²) in [5.74, 6) is -0.166. The molecule has 0 bridgehead atoms. The van der Waals surface area contributed by atoms with E-state index in [1.54, 1.807) is 6.08 Å². The van der Waals surface area contributed by atoms with Gasteiger partial charge in [-0.05, 0) is 42.2 Å². The molecule has 3 aromatic carbocycles. The SMILES string of the molecule is O=C(C1CCN(S(=O)(=O)/C=C/c2ccccc2)CC1)N(Cc1ccccc1)c1ccccc1. The fourth-order valence-electron chi connectivity index (χ4n) is 4.06. The maximum atomic E-state index is 13.5. The van der Waals surface area contributed by atoms with Crippen LogP contribution in [0.2, 0.25) is 0 Å². The van der Waals surface area contributed by atoms with Crippen LogP contribution in [0.1, 0.15) is 24.0 Å². The number of hydrogen-bond donors (Lipinski definition) is 0. The highest BCUT2D eigenvalue weighted by atomic mass is 32.2. The number of carbonyl (C=O) groups excluding carboxylic acids is 1. The number of piperidine rings is 1. The van der Waals surface area contributed by atoms with Crippen LogP contribution in [0.15, 0.2) is 96.4 Å². The number of sulfonamides is 1. The smallest absolute Gasteiger partial charge is 0.236 e. The molecule has 0 aromatic heterocycles. The summed E-state index contributed by atoms with van der Waals surface area (Å²) in [6, 6.07) is 28.9. The van der Waals surface area contributed by atoms with Crippen molar-refractivity contribution < 1.29 is 13.2 Å². The maximum absolute atomic E-state index is 13.5. The molecule has 0 unspecified atom stereocenters. The topological polar surface area (TPSA) is 57.7 Å². The number of carbonyl (C=O) groups is 1. The van der Waals surface area contributed by atoms with E-state index in [0.717, 1.165) is 16.8 Å². The Kier molecular flexibility index (Phi) is 7.37. The molecule has 1 saturated heterocycles. The van der Waals surface area contributed by atoms with Gasteiger partial charge in [0.05, 0.1) is 6.54 Å². The summed E-state index contributed by atoms with van der Waals surface area (Å²) in [5, 5.41) is 1.26. The first-order valence-electron chi connectivity index (χ1n) is 11.2. The second-order valence-electron chi connectivity index (χ2n) is 8.18. The zero-order chi connectivity index (χ0) is 23.1. The van der Waals surface area contributed by atoms with Crippen LogP contribution >= 0.6 is 0 Å². The van der Waals surface area contributed by atoms with Gasteiger partial charge in [0.1, 0.15) is 0 Å². The van der Waals surface area contributed by atoms with Crippen LogP contribution in [0.3, 0.4) is 0 Å². The largest absolute Gasteiger partial charge is 0.308 e. The third-order valence-corrected chi connectivity index (χ3v) is 7.48. The second-order valence-corrected chi connectivity index (χ2v) is 10.00. The van der Waals surface area contributed by atoms with Crippen molar-refractivity contribution in [2.45, 2.75) is 19.4 Å². The van der Waals surface area contributed by atoms with Crippen LogP contribution in [0.5, 0.6) is 0 Å². The van der Waals surface area contributed by atoms with E-state index in [2.05, 4.69) is 0 Å². The van der Waals surface area contributed by atoms with Crippen molar-refractivity contribution in [3.63, 3.8) is 0 Å². The van der Waals surface area contributed by atoms with Gasteiger partial charge >= 0.3 is 0 Å². The lowest BCUT2D eigenvalue weighted by Gasteiger charge is -2.33. The standard InChI is InChI=1S/C27H28N2O3S/c30-27(29(26-14-8-3-9-15-26)22-24-12-6-2-7-13-24)25-16-19-28(20-17-25)33(31,32)21-18-23-10-4-1-5-11-23/h1-15,18,21,25H,16-17,19-20,22H2/b21-18+. The summed E-state index contributed by atoms with van der Waals surface area (Å²) in [6.07, 6.45) is 2.63. The number of benzene rings is 3. The van der Waals surface area contributed by atoms with Gasteiger partial charge in [0.25, 0.3) is 0 Å². The predicted molar refractivity (Wildman–Crippen MR) is 133 cm³/mol. The highest BCUT2D eigenvalue weighted by Gasteiger charge is 2.32. The highest BCUT2D eigenvalue weighted by molar-refractivity contribution is 7.92. The van der Waals surface area contributed by atoms with Gasteiger partial charge in [-0.15, -0.1) is 0 Å². The van der Waals surface area contributed by atoms with Crippen LogP contribution in [0, 0.1) is 5.92 Å². The van der Waals surface area contributed by atoms with Gasteiger partial charge in [0.15, 0.2) is 0 Å². The van der Waals surface area contributed by atoms with Gasteiger partial charge in [-0.1, -0.05) is 78.9 Å². The quantitative estimate of drug-likeness (QED) is 0.502. The predicted octanol–water partition coefficient (Wildman–Crippen LogP) is 4.93. The second kappa shape index (κ2) is 10.6. The average Bonchev–Trinajstić information content (AvgIpc) is 2.87. The van der Waals surface area contributed by atoms with Crippen molar-refractivity contribution in [2.24, 2.45) is 5.92 Å². The molecule has 0 radical (unpaired) electrons. The van der Waals surface area contributed by atoms with E-state index < -0.39 is 10.0 Å². The molecular weight excluding hydrogens is 432 g/mol. The Hall–Kier alpha value is -3.22. The third-order valence-electron chi connectivity index (χ3n) is 5.91. The lowest BCUT2D eigenvalue weighted by atomic mass is 9.96. The van der Waals surface area contributed by atoms with E-state index in [1.165, 1.54) is 9.71 Å². The van der Waals surface area contributed by atoms with E-state index in [1.807, 2.05) is 95.9 Å². The first-order valence-corrected chi connectivity index (χ1v) is 12.7. The van der Waals surface area contributed by atoms with Crippen LogP contribution in [0.4, 0.5) is 5.69 Å². The van der Waals surface area contributed by atoms with Crippen LogP contribution in [-0.4, -0.2) is 31.7 Å². The summed E-state index contributed by atoms with van der Waals surface area (Å²) in [7, 11) is -3.52. The molecule has 0 saturated carbocycles. The average molecular weight is 461 g/mol. The molecule has 4 rings (SSSR count). The molecule has 0 N–H and O–H groups in total. The summed E-state index contributed by atoms with van der Waals surface area (Å²) < 4.78 is 27.0. The summed E-state index contributed by atoms with van der Waals surface area (Å²) in [6.45, 7) is 1.17. The van der Waals surface area contributed by atoms with E-state index >= 15 is 0 Å². The molecule has 3 aromatic rings. The van der Waals surface area contributed by atoms with Gasteiger partial charge in [0.2, 0.25) is 15.9 Å². The van der Waals surface area contributed by atoms with Crippen molar-refractivity contribution in [1.82, 2.24) is 4.31 Å². The fraction of sp³-hybridized carbons (Fsp3) is 0.222. The Morgan fingerprint density at radius 3 is 2.00 bits per heavy atom. The van der Waals surface area contributed by atoms with Gasteiger partial charge < -0.3 is 4.90 Å². The zero-order valence-electron chi connectivity index (χ0n) is 18.5. The van der Waals surface area contributed by atoms with E-state index in [9.17, 15) is 13.2 Å². The monoisotopic (exact) mass is 460 g/mol. The van der Waals surface area contributed by atoms with Crippen molar-refractivity contribution in [3.05, 3.63) is 108 Å². The fourth-order valence-corrected chi connectivity index (χ4v) is 5.28. The molecule has 6 heteroatoms. The van der Waals surface area contributed by atoms with Crippen LogP contribution in [-0.2, 0) is 21.4 Å². The van der Waals surface area contributed by atoms with Gasteiger partial charge in [-0.3, -0.25) is 4.79 Å². The van der Waals surface area contributed by atoms with Crippen molar-refractivity contribution in [3.8, 4) is 0 Å². The zero-order valence-corrected chi connectivity index (χ0v) is 19.3. The number of hydrogen-bond acceptors (Lipinski definition) is 3. The van der Waals surface area contributed by atoms with E-state index in [-0.39, 0.29) is 11.8 Å². The molecule has 1 heterocycles. The van der Waals surface area contributed by atoms with Gasteiger partial charge in [-0.25, -0.2) is 8.42 Å². The van der Waals surface area contributed by atoms with E-state index in [0.29, 0.717) is 32.5 Å². The number of anilines is 1. The lowest BCUT2D eigenvalue weighted by Crippen LogP contribution is -2.43.